The number of carbonyl (C=O) groups is 1. The van der Waals surface area contributed by atoms with E-state index in [1.165, 1.54) is 7.11 Å². The molecule has 0 bridgehead atoms. The van der Waals surface area contributed by atoms with Gasteiger partial charge >= 0.3 is 5.97 Å². The number of hydrogen-bond donors (Lipinski definition) is 0. The highest BCUT2D eigenvalue weighted by Gasteiger charge is 2.10. The van der Waals surface area contributed by atoms with E-state index < -0.39 is 5.97 Å². The average molecular weight is 169 g/mol. The molecule has 0 aromatic rings. The molecule has 0 aromatic carbocycles. The third-order valence-corrected chi connectivity index (χ3v) is 1.37. The maximum atomic E-state index is 10.9. The number of nitrogens with zero attached hydrogens (tertiary/aromatic N) is 1. The van der Waals surface area contributed by atoms with E-state index in [-0.39, 0.29) is 0 Å². The van der Waals surface area contributed by atoms with Crippen molar-refractivity contribution in [3.8, 4) is 0 Å². The Morgan fingerprint density at radius 1 is 1.42 bits per heavy atom. The van der Waals surface area contributed by atoms with Gasteiger partial charge in [-0.2, -0.15) is 0 Å². The summed E-state index contributed by atoms with van der Waals surface area (Å²) >= 11 is 0. The standard InChI is InChI=1S/C9H15NO2/c1-7(6-10(3)4)8(2)9(11)12-5/h1-2,6H2,3-5H3. The van der Waals surface area contributed by atoms with Crippen molar-refractivity contribution in [1.29, 1.82) is 0 Å². The molecule has 0 aromatic heterocycles. The summed E-state index contributed by atoms with van der Waals surface area (Å²) in [5.74, 6) is -0.415. The summed E-state index contributed by atoms with van der Waals surface area (Å²) in [5, 5.41) is 0. The normalized spacial score (nSPS) is 9.67. The number of esters is 1. The minimum absolute atomic E-state index is 0.339. The Bertz CT molecular complexity index is 207. The van der Waals surface area contributed by atoms with Crippen LogP contribution in [0.5, 0.6) is 0 Å². The molecule has 0 aliphatic heterocycles. The molecule has 3 nitrogen and oxygen atoms in total. The second-order valence-electron chi connectivity index (χ2n) is 2.81. The Morgan fingerprint density at radius 3 is 2.25 bits per heavy atom. The van der Waals surface area contributed by atoms with Crippen LogP contribution in [0.15, 0.2) is 24.3 Å². The highest BCUT2D eigenvalue weighted by molar-refractivity contribution is 5.92. The molecule has 0 heterocycles. The van der Waals surface area contributed by atoms with Crippen molar-refractivity contribution in [2.24, 2.45) is 0 Å². The molecule has 0 unspecified atom stereocenters. The number of hydrogen-bond acceptors (Lipinski definition) is 3. The van der Waals surface area contributed by atoms with Gasteiger partial charge in [-0.15, -0.1) is 0 Å². The van der Waals surface area contributed by atoms with Crippen molar-refractivity contribution in [1.82, 2.24) is 4.90 Å². The van der Waals surface area contributed by atoms with Crippen LogP contribution in [0.25, 0.3) is 0 Å². The van der Waals surface area contributed by atoms with Crippen molar-refractivity contribution in [2.75, 3.05) is 27.7 Å². The predicted molar refractivity (Wildman–Crippen MR) is 48.9 cm³/mol. The van der Waals surface area contributed by atoms with E-state index in [0.717, 1.165) is 0 Å². The van der Waals surface area contributed by atoms with Crippen LogP contribution < -0.4 is 0 Å². The monoisotopic (exact) mass is 169 g/mol. The van der Waals surface area contributed by atoms with Gasteiger partial charge < -0.3 is 9.64 Å². The molecule has 0 radical (unpaired) electrons. The lowest BCUT2D eigenvalue weighted by Gasteiger charge is -2.12. The molecule has 0 aliphatic rings. The van der Waals surface area contributed by atoms with E-state index in [0.29, 0.717) is 17.7 Å². The third-order valence-electron chi connectivity index (χ3n) is 1.37. The zero-order valence-electron chi connectivity index (χ0n) is 7.89. The zero-order chi connectivity index (χ0) is 9.72. The van der Waals surface area contributed by atoms with Crippen LogP contribution in [0.4, 0.5) is 0 Å². The SMILES string of the molecule is C=C(CN(C)C)C(=C)C(=O)OC. The van der Waals surface area contributed by atoms with Gasteiger partial charge in [0.2, 0.25) is 0 Å². The van der Waals surface area contributed by atoms with E-state index >= 15 is 0 Å². The van der Waals surface area contributed by atoms with Crippen LogP contribution in [-0.2, 0) is 9.53 Å². The Morgan fingerprint density at radius 2 is 1.92 bits per heavy atom. The molecule has 12 heavy (non-hydrogen) atoms. The minimum Gasteiger partial charge on any atom is -0.465 e. The molecular weight excluding hydrogens is 154 g/mol. The molecule has 0 saturated heterocycles. The van der Waals surface area contributed by atoms with E-state index in [4.69, 9.17) is 0 Å². The van der Waals surface area contributed by atoms with Gasteiger partial charge in [0.05, 0.1) is 12.7 Å². The van der Waals surface area contributed by atoms with Gasteiger partial charge in [0.1, 0.15) is 0 Å². The summed E-state index contributed by atoms with van der Waals surface area (Å²) in [5.41, 5.74) is 1.03. The molecule has 68 valence electrons. The predicted octanol–water partition coefficient (Wildman–Crippen LogP) is 0.833. The van der Waals surface area contributed by atoms with Crippen LogP contribution in [0, 0.1) is 0 Å². The molecule has 0 fully saturated rings. The molecule has 0 amide bonds. The Balaban J connectivity index is 4.12. The first-order valence-corrected chi connectivity index (χ1v) is 3.59. The second kappa shape index (κ2) is 4.72. The van der Waals surface area contributed by atoms with Gasteiger partial charge in [-0.05, 0) is 19.7 Å². The van der Waals surface area contributed by atoms with E-state index in [1.54, 1.807) is 0 Å². The average Bonchev–Trinajstić information content (AvgIpc) is 2.00. The summed E-state index contributed by atoms with van der Waals surface area (Å²) in [6.07, 6.45) is 0. The molecular formula is C9H15NO2. The first-order valence-electron chi connectivity index (χ1n) is 3.59. The molecule has 0 spiro atoms. The molecule has 0 N–H and O–H groups in total. The number of carbonyl (C=O) groups excluding carboxylic acids is 1. The largest absolute Gasteiger partial charge is 0.465 e. The summed E-state index contributed by atoms with van der Waals surface area (Å²) in [6, 6.07) is 0. The fraction of sp³-hybridized carbons (Fsp3) is 0.444. The Hall–Kier alpha value is -1.09. The fourth-order valence-corrected chi connectivity index (χ4v) is 0.745. The first-order chi connectivity index (χ1) is 5.49. The van der Waals surface area contributed by atoms with Crippen LogP contribution in [0.1, 0.15) is 0 Å². The van der Waals surface area contributed by atoms with Crippen LogP contribution in [0.3, 0.4) is 0 Å². The fourth-order valence-electron chi connectivity index (χ4n) is 0.745. The number of ether oxygens (including phenoxy) is 1. The van der Waals surface area contributed by atoms with Crippen LogP contribution >= 0.6 is 0 Å². The van der Waals surface area contributed by atoms with E-state index in [9.17, 15) is 4.79 Å². The molecule has 0 saturated carbocycles. The smallest absolute Gasteiger partial charge is 0.337 e. The summed E-state index contributed by atoms with van der Waals surface area (Å²) in [7, 11) is 5.13. The molecule has 0 aliphatic carbocycles. The lowest BCUT2D eigenvalue weighted by atomic mass is 10.1. The van der Waals surface area contributed by atoms with Gasteiger partial charge in [0.25, 0.3) is 0 Å². The van der Waals surface area contributed by atoms with Crippen LogP contribution in [-0.4, -0.2) is 38.6 Å². The van der Waals surface area contributed by atoms with Crippen molar-refractivity contribution in [3.05, 3.63) is 24.3 Å². The minimum atomic E-state index is -0.415. The number of likely N-dealkylation sites (N-methyl/N-ethyl adjacent to an activating group) is 1. The summed E-state index contributed by atoms with van der Waals surface area (Å²) < 4.78 is 4.50. The van der Waals surface area contributed by atoms with Crippen LogP contribution in [0.2, 0.25) is 0 Å². The topological polar surface area (TPSA) is 29.5 Å². The lowest BCUT2D eigenvalue weighted by molar-refractivity contribution is -0.135. The van der Waals surface area contributed by atoms with Gasteiger partial charge in [0, 0.05) is 6.54 Å². The maximum absolute atomic E-state index is 10.9. The van der Waals surface area contributed by atoms with Gasteiger partial charge in [-0.1, -0.05) is 13.2 Å². The second-order valence-corrected chi connectivity index (χ2v) is 2.81. The van der Waals surface area contributed by atoms with Crippen molar-refractivity contribution in [3.63, 3.8) is 0 Å². The third kappa shape index (κ3) is 3.34. The Kier molecular flexibility index (Phi) is 4.29. The molecule has 0 rings (SSSR count). The zero-order valence-corrected chi connectivity index (χ0v) is 7.89. The molecule has 0 atom stereocenters. The van der Waals surface area contributed by atoms with Gasteiger partial charge in [-0.3, -0.25) is 0 Å². The quantitative estimate of drug-likeness (QED) is 0.355. The summed E-state index contributed by atoms with van der Waals surface area (Å²) in [6.45, 7) is 7.92. The van der Waals surface area contributed by atoms with E-state index in [2.05, 4.69) is 17.9 Å². The highest BCUT2D eigenvalue weighted by Crippen LogP contribution is 2.07. The Labute approximate surface area is 73.3 Å². The first kappa shape index (κ1) is 10.9. The lowest BCUT2D eigenvalue weighted by Crippen LogP contribution is -2.18. The van der Waals surface area contributed by atoms with E-state index in [1.807, 2.05) is 19.0 Å². The van der Waals surface area contributed by atoms with Crippen molar-refractivity contribution >= 4 is 5.97 Å². The summed E-state index contributed by atoms with van der Waals surface area (Å²) in [4.78, 5) is 12.8. The van der Waals surface area contributed by atoms with Crippen molar-refractivity contribution in [2.45, 2.75) is 0 Å². The highest BCUT2D eigenvalue weighted by atomic mass is 16.5. The van der Waals surface area contributed by atoms with Gasteiger partial charge in [0.15, 0.2) is 0 Å². The number of rotatable bonds is 4. The van der Waals surface area contributed by atoms with Gasteiger partial charge in [-0.25, -0.2) is 4.79 Å². The number of methoxy groups -OCH3 is 1. The molecule has 3 heteroatoms. The van der Waals surface area contributed by atoms with Crippen molar-refractivity contribution < 1.29 is 9.53 Å². The maximum Gasteiger partial charge on any atom is 0.337 e.